The molecular weight excluding hydrogens is 360 g/mol. The number of halogens is 1. The van der Waals surface area contributed by atoms with Crippen LogP contribution in [-0.2, 0) is 4.74 Å². The predicted molar refractivity (Wildman–Crippen MR) is 106 cm³/mol. The number of hydrogen-bond donors (Lipinski definition) is 1. The Hall–Kier alpha value is -1.43. The summed E-state index contributed by atoms with van der Waals surface area (Å²) in [6, 6.07) is 6.57. The maximum Gasteiger partial charge on any atom is 0.225 e. The first-order chi connectivity index (χ1) is 13.2. The summed E-state index contributed by atoms with van der Waals surface area (Å²) in [5, 5.41) is 12.6. The lowest BCUT2D eigenvalue weighted by Gasteiger charge is -2.47. The molecule has 2 heterocycles. The summed E-state index contributed by atoms with van der Waals surface area (Å²) in [6.07, 6.45) is 8.55. The first kappa shape index (κ1) is 17.7. The molecule has 144 valence electrons. The fraction of sp³-hybridized carbons (Fsp3) is 0.619. The number of rotatable bonds is 3. The van der Waals surface area contributed by atoms with Crippen LogP contribution >= 0.6 is 11.6 Å². The van der Waals surface area contributed by atoms with Crippen molar-refractivity contribution in [3.05, 3.63) is 40.4 Å². The first-order valence-electron chi connectivity index (χ1n) is 10.3. The van der Waals surface area contributed by atoms with Gasteiger partial charge in [-0.05, 0) is 56.7 Å². The van der Waals surface area contributed by atoms with Crippen molar-refractivity contribution in [2.45, 2.75) is 50.7 Å². The Kier molecular flexibility index (Phi) is 4.49. The Balaban J connectivity index is 1.62. The van der Waals surface area contributed by atoms with Gasteiger partial charge in [0.25, 0.3) is 0 Å². The minimum absolute atomic E-state index is 0.126. The van der Waals surface area contributed by atoms with Gasteiger partial charge in [-0.25, -0.2) is 0 Å². The number of morpholine rings is 1. The molecule has 0 bridgehead atoms. The SMILES string of the molecule is Cc1ccc(N2N=N[C@H]3CC[C@H](C4=CCCC4)[C@@]32[NH+]2CCOCC2)cc1Cl. The molecular formula is C21H28ClN4O+. The quantitative estimate of drug-likeness (QED) is 0.808. The highest BCUT2D eigenvalue weighted by Gasteiger charge is 2.66. The number of anilines is 1. The van der Waals surface area contributed by atoms with Crippen LogP contribution in [-0.4, -0.2) is 38.0 Å². The van der Waals surface area contributed by atoms with E-state index in [1.54, 1.807) is 10.5 Å². The molecule has 0 amide bonds. The minimum Gasteiger partial charge on any atom is -0.370 e. The Bertz CT molecular complexity index is 788. The maximum atomic E-state index is 6.49. The van der Waals surface area contributed by atoms with Gasteiger partial charge in [-0.1, -0.05) is 34.5 Å². The Morgan fingerprint density at radius 2 is 2.11 bits per heavy atom. The minimum atomic E-state index is -0.126. The van der Waals surface area contributed by atoms with Gasteiger partial charge in [0, 0.05) is 5.02 Å². The van der Waals surface area contributed by atoms with Gasteiger partial charge in [-0.15, -0.1) is 0 Å². The topological polar surface area (TPSA) is 41.6 Å². The second-order valence-corrected chi connectivity index (χ2v) is 8.72. The van der Waals surface area contributed by atoms with E-state index in [1.807, 2.05) is 6.92 Å². The van der Waals surface area contributed by atoms with Crippen molar-refractivity contribution in [1.29, 1.82) is 0 Å². The largest absolute Gasteiger partial charge is 0.370 e. The molecule has 1 aromatic rings. The molecule has 2 fully saturated rings. The third kappa shape index (κ3) is 2.66. The highest BCUT2D eigenvalue weighted by Crippen LogP contribution is 2.50. The number of ether oxygens (including phenoxy) is 1. The van der Waals surface area contributed by atoms with E-state index < -0.39 is 0 Å². The molecule has 4 aliphatic rings. The number of aryl methyl sites for hydroxylation is 1. The van der Waals surface area contributed by atoms with Gasteiger partial charge in [0.15, 0.2) is 0 Å². The highest BCUT2D eigenvalue weighted by molar-refractivity contribution is 6.31. The van der Waals surface area contributed by atoms with Crippen molar-refractivity contribution >= 4 is 17.3 Å². The number of nitrogens with zero attached hydrogens (tertiary/aromatic N) is 3. The smallest absolute Gasteiger partial charge is 0.225 e. The van der Waals surface area contributed by atoms with Crippen LogP contribution in [0, 0.1) is 12.8 Å². The van der Waals surface area contributed by atoms with Crippen LogP contribution in [0.15, 0.2) is 40.2 Å². The molecule has 6 heteroatoms. The molecule has 0 radical (unpaired) electrons. The molecule has 5 rings (SSSR count). The van der Waals surface area contributed by atoms with Crippen molar-refractivity contribution in [3.63, 3.8) is 0 Å². The van der Waals surface area contributed by atoms with Crippen molar-refractivity contribution in [1.82, 2.24) is 0 Å². The summed E-state index contributed by atoms with van der Waals surface area (Å²) in [5.41, 5.74) is 3.68. The summed E-state index contributed by atoms with van der Waals surface area (Å²) in [4.78, 5) is 1.58. The number of nitrogens with one attached hydrogen (secondary N) is 1. The van der Waals surface area contributed by atoms with E-state index in [0.717, 1.165) is 49.0 Å². The molecule has 1 saturated carbocycles. The molecule has 2 aliphatic carbocycles. The van der Waals surface area contributed by atoms with E-state index in [4.69, 9.17) is 26.7 Å². The normalized spacial score (nSPS) is 33.6. The molecule has 5 nitrogen and oxygen atoms in total. The molecule has 27 heavy (non-hydrogen) atoms. The summed E-state index contributed by atoms with van der Waals surface area (Å²) in [7, 11) is 0. The third-order valence-electron chi connectivity index (χ3n) is 6.99. The van der Waals surface area contributed by atoms with Crippen LogP contribution in [0.3, 0.4) is 0 Å². The average Bonchev–Trinajstić information content (AvgIpc) is 3.40. The number of benzene rings is 1. The molecule has 0 aromatic heterocycles. The molecule has 1 saturated heterocycles. The summed E-state index contributed by atoms with van der Waals surface area (Å²) < 4.78 is 5.70. The van der Waals surface area contributed by atoms with E-state index in [9.17, 15) is 0 Å². The number of fused-ring (bicyclic) bond motifs is 1. The fourth-order valence-electron chi connectivity index (χ4n) is 5.73. The van der Waals surface area contributed by atoms with Crippen LogP contribution in [0.2, 0.25) is 5.02 Å². The summed E-state index contributed by atoms with van der Waals surface area (Å²) >= 11 is 6.49. The lowest BCUT2D eigenvalue weighted by atomic mass is 9.84. The van der Waals surface area contributed by atoms with Crippen LogP contribution in [0.1, 0.15) is 37.7 Å². The van der Waals surface area contributed by atoms with Crippen LogP contribution in [0.25, 0.3) is 0 Å². The van der Waals surface area contributed by atoms with E-state index in [2.05, 4.69) is 29.3 Å². The predicted octanol–water partition coefficient (Wildman–Crippen LogP) is 3.34. The third-order valence-corrected chi connectivity index (χ3v) is 7.39. The molecule has 1 N–H and O–H groups in total. The zero-order chi connectivity index (χ0) is 18.4. The van der Waals surface area contributed by atoms with Crippen molar-refractivity contribution < 1.29 is 9.64 Å². The van der Waals surface area contributed by atoms with Gasteiger partial charge in [0.2, 0.25) is 5.66 Å². The first-order valence-corrected chi connectivity index (χ1v) is 10.7. The van der Waals surface area contributed by atoms with Crippen LogP contribution in [0.5, 0.6) is 0 Å². The van der Waals surface area contributed by atoms with E-state index in [0.29, 0.717) is 5.92 Å². The standard InChI is InChI=1S/C21H27ClN4O/c1-15-6-7-17(14-19(15)22)26-21(25-10-12-27-13-11-25)18(16-4-2-3-5-16)8-9-20(21)23-24-26/h4,6-7,14,18,20H,2-3,5,8-13H2,1H3/p+1/t18-,20+,21+/m1/s1. The van der Waals surface area contributed by atoms with Gasteiger partial charge in [-0.3, -0.25) is 0 Å². The number of allylic oxidation sites excluding steroid dienone is 1. The second kappa shape index (κ2) is 6.87. The molecule has 0 unspecified atom stereocenters. The Morgan fingerprint density at radius 1 is 1.26 bits per heavy atom. The monoisotopic (exact) mass is 387 g/mol. The number of quaternary nitrogens is 1. The van der Waals surface area contributed by atoms with Crippen molar-refractivity contribution in [2.24, 2.45) is 16.3 Å². The number of hydrogen-bond acceptors (Lipinski definition) is 4. The Labute approximate surface area is 166 Å². The molecule has 1 aromatic carbocycles. The fourth-order valence-corrected chi connectivity index (χ4v) is 5.90. The zero-order valence-corrected chi connectivity index (χ0v) is 16.7. The van der Waals surface area contributed by atoms with Gasteiger partial charge >= 0.3 is 0 Å². The van der Waals surface area contributed by atoms with E-state index in [-0.39, 0.29) is 11.7 Å². The van der Waals surface area contributed by atoms with Crippen molar-refractivity contribution in [3.8, 4) is 0 Å². The Morgan fingerprint density at radius 3 is 2.85 bits per heavy atom. The average molecular weight is 388 g/mol. The van der Waals surface area contributed by atoms with E-state index >= 15 is 0 Å². The van der Waals surface area contributed by atoms with E-state index in [1.165, 1.54) is 25.7 Å². The maximum absolute atomic E-state index is 6.49. The van der Waals surface area contributed by atoms with Gasteiger partial charge in [0.05, 0.1) is 24.8 Å². The van der Waals surface area contributed by atoms with Gasteiger partial charge in [0.1, 0.15) is 19.1 Å². The second-order valence-electron chi connectivity index (χ2n) is 8.31. The molecule has 2 aliphatic heterocycles. The zero-order valence-electron chi connectivity index (χ0n) is 16.0. The summed E-state index contributed by atoms with van der Waals surface area (Å²) in [6.45, 7) is 5.71. The van der Waals surface area contributed by atoms with Gasteiger partial charge < -0.3 is 9.64 Å². The van der Waals surface area contributed by atoms with Gasteiger partial charge in [-0.2, -0.15) is 10.1 Å². The summed E-state index contributed by atoms with van der Waals surface area (Å²) in [5.74, 6) is 0.508. The molecule has 3 atom stereocenters. The van der Waals surface area contributed by atoms with Crippen molar-refractivity contribution in [2.75, 3.05) is 31.3 Å². The molecule has 0 spiro atoms. The van der Waals surface area contributed by atoms with Crippen LogP contribution < -0.4 is 9.91 Å². The lowest BCUT2D eigenvalue weighted by molar-refractivity contribution is -0.961. The van der Waals surface area contributed by atoms with Crippen LogP contribution in [0.4, 0.5) is 5.69 Å². The lowest BCUT2D eigenvalue weighted by Crippen LogP contribution is -3.25. The highest BCUT2D eigenvalue weighted by atomic mass is 35.5.